The predicted octanol–water partition coefficient (Wildman–Crippen LogP) is 3.29. The highest BCUT2D eigenvalue weighted by atomic mass is 16.6. The summed E-state index contributed by atoms with van der Waals surface area (Å²) in [5.41, 5.74) is 1.93. The summed E-state index contributed by atoms with van der Waals surface area (Å²) >= 11 is 0. The van der Waals surface area contributed by atoms with Gasteiger partial charge >= 0.3 is 11.9 Å². The third-order valence-electron chi connectivity index (χ3n) is 5.11. The molecule has 2 aliphatic heterocycles. The van der Waals surface area contributed by atoms with E-state index in [4.69, 9.17) is 14.2 Å². The predicted molar refractivity (Wildman–Crippen MR) is 92.5 cm³/mol. The Kier molecular flexibility index (Phi) is 5.23. The van der Waals surface area contributed by atoms with Gasteiger partial charge in [-0.3, -0.25) is 9.59 Å². The summed E-state index contributed by atoms with van der Waals surface area (Å²) in [5, 5.41) is 0. The average molecular weight is 344 g/mol. The molecule has 0 radical (unpaired) electrons. The molecule has 0 aliphatic carbocycles. The van der Waals surface area contributed by atoms with Crippen LogP contribution in [0.1, 0.15) is 43.9 Å². The third kappa shape index (κ3) is 3.76. The minimum atomic E-state index is -0.410. The molecule has 2 saturated heterocycles. The van der Waals surface area contributed by atoms with Gasteiger partial charge in [0.25, 0.3) is 0 Å². The number of carbonyl (C=O) groups is 2. The van der Waals surface area contributed by atoms with Gasteiger partial charge in [-0.25, -0.2) is 0 Å². The standard InChI is InChI=1S/C20H24O5/c1-4-14-5-7-15(8-6-14)20(24-13(3)22)19-16(11-23-12(2)21)17-9-10-18(19)25-17/h4-8,16-20H,1,9-11H2,2-3H3. The minimum absolute atomic E-state index is 0.0171. The van der Waals surface area contributed by atoms with Crippen LogP contribution in [0.15, 0.2) is 30.8 Å². The molecule has 134 valence electrons. The van der Waals surface area contributed by atoms with E-state index < -0.39 is 6.10 Å². The van der Waals surface area contributed by atoms with Gasteiger partial charge in [-0.2, -0.15) is 0 Å². The van der Waals surface area contributed by atoms with Crippen LogP contribution in [-0.2, 0) is 23.8 Å². The van der Waals surface area contributed by atoms with E-state index in [9.17, 15) is 9.59 Å². The lowest BCUT2D eigenvalue weighted by Crippen LogP contribution is -2.37. The first kappa shape index (κ1) is 17.7. The fourth-order valence-corrected chi connectivity index (χ4v) is 4.03. The Labute approximate surface area is 148 Å². The van der Waals surface area contributed by atoms with E-state index in [0.717, 1.165) is 24.0 Å². The van der Waals surface area contributed by atoms with Gasteiger partial charge < -0.3 is 14.2 Å². The smallest absolute Gasteiger partial charge is 0.303 e. The van der Waals surface area contributed by atoms with Crippen molar-refractivity contribution in [1.29, 1.82) is 0 Å². The van der Waals surface area contributed by atoms with Crippen LogP contribution < -0.4 is 0 Å². The molecule has 25 heavy (non-hydrogen) atoms. The highest BCUT2D eigenvalue weighted by Crippen LogP contribution is 2.50. The van der Waals surface area contributed by atoms with Gasteiger partial charge in [0.05, 0.1) is 18.8 Å². The zero-order valence-corrected chi connectivity index (χ0v) is 14.6. The molecule has 5 nitrogen and oxygen atoms in total. The maximum absolute atomic E-state index is 11.7. The van der Waals surface area contributed by atoms with Gasteiger partial charge in [0.15, 0.2) is 0 Å². The first-order valence-electron chi connectivity index (χ1n) is 8.68. The van der Waals surface area contributed by atoms with Gasteiger partial charge in [-0.05, 0) is 24.0 Å². The van der Waals surface area contributed by atoms with E-state index in [-0.39, 0.29) is 36.0 Å². The Morgan fingerprint density at radius 2 is 1.88 bits per heavy atom. The number of rotatable bonds is 6. The van der Waals surface area contributed by atoms with E-state index >= 15 is 0 Å². The number of carbonyl (C=O) groups excluding carboxylic acids is 2. The number of hydrogen-bond donors (Lipinski definition) is 0. The largest absolute Gasteiger partial charge is 0.465 e. The highest BCUT2D eigenvalue weighted by molar-refractivity contribution is 5.66. The summed E-state index contributed by atoms with van der Waals surface area (Å²) in [7, 11) is 0. The van der Waals surface area contributed by atoms with E-state index in [1.54, 1.807) is 6.08 Å². The second kappa shape index (κ2) is 7.40. The molecular formula is C20H24O5. The van der Waals surface area contributed by atoms with Crippen molar-refractivity contribution in [3.05, 3.63) is 42.0 Å². The summed E-state index contributed by atoms with van der Waals surface area (Å²) in [6, 6.07) is 7.82. The van der Waals surface area contributed by atoms with E-state index in [1.807, 2.05) is 24.3 Å². The highest BCUT2D eigenvalue weighted by Gasteiger charge is 2.53. The molecule has 0 spiro atoms. The average Bonchev–Trinajstić information content (AvgIpc) is 3.19. The topological polar surface area (TPSA) is 61.8 Å². The zero-order valence-electron chi connectivity index (χ0n) is 14.6. The molecule has 0 N–H and O–H groups in total. The molecule has 0 aromatic heterocycles. The van der Waals surface area contributed by atoms with Crippen LogP contribution in [0.4, 0.5) is 0 Å². The molecule has 5 unspecified atom stereocenters. The molecule has 3 rings (SSSR count). The van der Waals surface area contributed by atoms with Gasteiger partial charge in [-0.15, -0.1) is 0 Å². The van der Waals surface area contributed by atoms with Crippen LogP contribution in [0.5, 0.6) is 0 Å². The lowest BCUT2D eigenvalue weighted by atomic mass is 9.74. The first-order valence-corrected chi connectivity index (χ1v) is 8.68. The van der Waals surface area contributed by atoms with Crippen molar-refractivity contribution in [2.75, 3.05) is 6.61 Å². The fraction of sp³-hybridized carbons (Fsp3) is 0.500. The zero-order chi connectivity index (χ0) is 18.0. The van der Waals surface area contributed by atoms with E-state index in [1.165, 1.54) is 13.8 Å². The number of benzene rings is 1. The maximum Gasteiger partial charge on any atom is 0.303 e. The molecule has 0 amide bonds. The number of esters is 2. The second-order valence-corrected chi connectivity index (χ2v) is 6.73. The van der Waals surface area contributed by atoms with Crippen molar-refractivity contribution in [2.45, 2.75) is 45.0 Å². The molecule has 2 aliphatic rings. The Morgan fingerprint density at radius 3 is 2.48 bits per heavy atom. The fourth-order valence-electron chi connectivity index (χ4n) is 4.03. The summed E-state index contributed by atoms with van der Waals surface area (Å²) in [6.07, 6.45) is 3.33. The quantitative estimate of drug-likeness (QED) is 0.741. The Hall–Kier alpha value is -2.14. The van der Waals surface area contributed by atoms with Crippen molar-refractivity contribution < 1.29 is 23.8 Å². The molecule has 2 fully saturated rings. The van der Waals surface area contributed by atoms with Crippen molar-refractivity contribution >= 4 is 18.0 Å². The molecule has 5 atom stereocenters. The summed E-state index contributed by atoms with van der Waals surface area (Å²) < 4.78 is 17.0. The third-order valence-corrected chi connectivity index (χ3v) is 5.11. The van der Waals surface area contributed by atoms with E-state index in [0.29, 0.717) is 6.61 Å². The van der Waals surface area contributed by atoms with Gasteiger partial charge in [0, 0.05) is 25.7 Å². The van der Waals surface area contributed by atoms with Crippen LogP contribution in [0.2, 0.25) is 0 Å². The van der Waals surface area contributed by atoms with Gasteiger partial charge in [0.1, 0.15) is 6.10 Å². The number of hydrogen-bond acceptors (Lipinski definition) is 5. The normalized spacial score (nSPS) is 28.4. The van der Waals surface area contributed by atoms with Crippen molar-refractivity contribution in [1.82, 2.24) is 0 Å². The van der Waals surface area contributed by atoms with Crippen LogP contribution in [0.3, 0.4) is 0 Å². The molecule has 1 aromatic carbocycles. The van der Waals surface area contributed by atoms with Gasteiger partial charge in [-0.1, -0.05) is 36.9 Å². The van der Waals surface area contributed by atoms with Crippen LogP contribution >= 0.6 is 0 Å². The first-order chi connectivity index (χ1) is 12.0. The van der Waals surface area contributed by atoms with Crippen LogP contribution in [0, 0.1) is 11.8 Å². The molecule has 2 heterocycles. The Morgan fingerprint density at radius 1 is 1.20 bits per heavy atom. The maximum atomic E-state index is 11.7. The number of fused-ring (bicyclic) bond motifs is 2. The monoisotopic (exact) mass is 344 g/mol. The van der Waals surface area contributed by atoms with Crippen LogP contribution in [-0.4, -0.2) is 30.8 Å². The van der Waals surface area contributed by atoms with Crippen molar-refractivity contribution in [3.8, 4) is 0 Å². The lowest BCUT2D eigenvalue weighted by Gasteiger charge is -2.33. The molecule has 1 aromatic rings. The Bertz CT molecular complexity index is 651. The molecule has 2 bridgehead atoms. The SMILES string of the molecule is C=Cc1ccc(C(OC(C)=O)C2C3CCC(O3)C2COC(C)=O)cc1. The minimum Gasteiger partial charge on any atom is -0.465 e. The second-order valence-electron chi connectivity index (χ2n) is 6.73. The Balaban J connectivity index is 1.88. The van der Waals surface area contributed by atoms with Gasteiger partial charge in [0.2, 0.25) is 0 Å². The van der Waals surface area contributed by atoms with E-state index in [2.05, 4.69) is 6.58 Å². The van der Waals surface area contributed by atoms with Crippen molar-refractivity contribution in [3.63, 3.8) is 0 Å². The van der Waals surface area contributed by atoms with Crippen LogP contribution in [0.25, 0.3) is 6.08 Å². The summed E-state index contributed by atoms with van der Waals surface area (Å²) in [4.78, 5) is 23.0. The summed E-state index contributed by atoms with van der Waals surface area (Å²) in [5.74, 6) is -0.615. The lowest BCUT2D eigenvalue weighted by molar-refractivity contribution is -0.154. The number of ether oxygens (including phenoxy) is 3. The van der Waals surface area contributed by atoms with Crippen molar-refractivity contribution in [2.24, 2.45) is 11.8 Å². The molecule has 5 heteroatoms. The molecular weight excluding hydrogens is 320 g/mol. The summed E-state index contributed by atoms with van der Waals surface area (Å²) in [6.45, 7) is 6.88. The molecule has 0 saturated carbocycles.